The van der Waals surface area contributed by atoms with Crippen molar-refractivity contribution in [2.45, 2.75) is 30.8 Å². The van der Waals surface area contributed by atoms with Crippen LogP contribution in [0.3, 0.4) is 0 Å². The number of methoxy groups -OCH3 is 1. The Hall–Kier alpha value is -3.88. The highest BCUT2D eigenvalue weighted by atomic mass is 16.5. The van der Waals surface area contributed by atoms with Gasteiger partial charge in [0.2, 0.25) is 5.91 Å². The van der Waals surface area contributed by atoms with E-state index in [4.69, 9.17) is 4.74 Å². The lowest BCUT2D eigenvalue weighted by Crippen LogP contribution is -2.55. The van der Waals surface area contributed by atoms with Crippen molar-refractivity contribution in [3.05, 3.63) is 108 Å². The molecule has 3 aromatic carbocycles. The van der Waals surface area contributed by atoms with Gasteiger partial charge in [0.15, 0.2) is 0 Å². The van der Waals surface area contributed by atoms with E-state index in [0.29, 0.717) is 19.5 Å². The molecule has 1 aliphatic rings. The minimum Gasteiger partial charge on any atom is -0.467 e. The molecule has 4 rings (SSSR count). The van der Waals surface area contributed by atoms with Crippen LogP contribution in [0.1, 0.15) is 35.4 Å². The summed E-state index contributed by atoms with van der Waals surface area (Å²) in [7, 11) is 3.41. The molecular formula is C31H32N2O3. The average molecular weight is 481 g/mol. The summed E-state index contributed by atoms with van der Waals surface area (Å²) in [6.07, 6.45) is 1.28. The summed E-state index contributed by atoms with van der Waals surface area (Å²) in [6, 6.07) is 28.9. The number of hydrogen-bond donors (Lipinski definition) is 0. The van der Waals surface area contributed by atoms with Crippen molar-refractivity contribution in [2.24, 2.45) is 0 Å². The zero-order valence-electron chi connectivity index (χ0n) is 20.8. The molecule has 0 saturated carbocycles. The van der Waals surface area contributed by atoms with Crippen LogP contribution in [0.5, 0.6) is 0 Å². The first kappa shape index (κ1) is 25.2. The first-order valence-electron chi connectivity index (χ1n) is 12.3. The van der Waals surface area contributed by atoms with Gasteiger partial charge < -0.3 is 9.64 Å². The standard InChI is InChI=1S/C31H32N2O3/c1-32(21-12-15-24-13-6-3-7-14-24)27-20-22-33(28(23-27)31(35)36-2)30(34)29(25-16-8-4-9-17-25)26-18-10-5-11-19-26/h3-11,13-14,16-19,27-29H,20-23H2,1-2H3. The number of benzene rings is 3. The first-order chi connectivity index (χ1) is 17.6. The second-order valence-electron chi connectivity index (χ2n) is 9.09. The zero-order valence-corrected chi connectivity index (χ0v) is 20.8. The highest BCUT2D eigenvalue weighted by Crippen LogP contribution is 2.31. The summed E-state index contributed by atoms with van der Waals surface area (Å²) in [5.41, 5.74) is 2.80. The topological polar surface area (TPSA) is 49.9 Å². The largest absolute Gasteiger partial charge is 0.467 e. The Morgan fingerprint density at radius 1 is 0.944 bits per heavy atom. The third-order valence-electron chi connectivity index (χ3n) is 6.80. The Labute approximate surface area is 213 Å². The first-order valence-corrected chi connectivity index (χ1v) is 12.3. The number of piperidine rings is 1. The summed E-state index contributed by atoms with van der Waals surface area (Å²) in [5.74, 6) is 5.49. The molecule has 1 aliphatic heterocycles. The molecule has 0 spiro atoms. The molecule has 2 unspecified atom stereocenters. The van der Waals surface area contributed by atoms with E-state index in [1.165, 1.54) is 7.11 Å². The molecule has 0 N–H and O–H groups in total. The minimum absolute atomic E-state index is 0.0761. The molecule has 1 amide bonds. The van der Waals surface area contributed by atoms with Gasteiger partial charge in [0.25, 0.3) is 0 Å². The molecule has 2 atom stereocenters. The highest BCUT2D eigenvalue weighted by molar-refractivity contribution is 5.91. The molecule has 0 radical (unpaired) electrons. The average Bonchev–Trinajstić information content (AvgIpc) is 2.94. The molecule has 0 bridgehead atoms. The van der Waals surface area contributed by atoms with Gasteiger partial charge in [0, 0.05) is 18.2 Å². The Morgan fingerprint density at radius 3 is 2.06 bits per heavy atom. The van der Waals surface area contributed by atoms with E-state index in [-0.39, 0.29) is 17.9 Å². The normalized spacial score (nSPS) is 17.4. The van der Waals surface area contributed by atoms with Gasteiger partial charge in [-0.15, -0.1) is 0 Å². The number of rotatable bonds is 6. The second-order valence-corrected chi connectivity index (χ2v) is 9.09. The van der Waals surface area contributed by atoms with Crippen molar-refractivity contribution in [2.75, 3.05) is 27.2 Å². The number of esters is 1. The van der Waals surface area contributed by atoms with Gasteiger partial charge in [-0.1, -0.05) is 90.7 Å². The quantitative estimate of drug-likeness (QED) is 0.389. The van der Waals surface area contributed by atoms with E-state index >= 15 is 0 Å². The highest BCUT2D eigenvalue weighted by Gasteiger charge is 2.40. The second kappa shape index (κ2) is 12.2. The van der Waals surface area contributed by atoms with Crippen molar-refractivity contribution in [3.63, 3.8) is 0 Å². The summed E-state index contributed by atoms with van der Waals surface area (Å²) < 4.78 is 5.15. The van der Waals surface area contributed by atoms with Crippen LogP contribution in [0.2, 0.25) is 0 Å². The van der Waals surface area contributed by atoms with Gasteiger partial charge in [-0.3, -0.25) is 9.69 Å². The van der Waals surface area contributed by atoms with Gasteiger partial charge >= 0.3 is 5.97 Å². The Bertz CT molecular complexity index is 1160. The smallest absolute Gasteiger partial charge is 0.328 e. The van der Waals surface area contributed by atoms with E-state index in [9.17, 15) is 9.59 Å². The van der Waals surface area contributed by atoms with Crippen LogP contribution in [0.4, 0.5) is 0 Å². The number of ether oxygens (including phenoxy) is 1. The molecule has 1 saturated heterocycles. The van der Waals surface area contributed by atoms with Crippen molar-refractivity contribution in [1.82, 2.24) is 9.80 Å². The molecule has 1 heterocycles. The maximum atomic E-state index is 14.0. The SMILES string of the molecule is COC(=O)C1CC(N(C)CC#Cc2ccccc2)CCN1C(=O)C(c1ccccc1)c1ccccc1. The predicted octanol–water partition coefficient (Wildman–Crippen LogP) is 4.33. The van der Waals surface area contributed by atoms with Crippen LogP contribution in [0.25, 0.3) is 0 Å². The molecule has 5 heteroatoms. The van der Waals surface area contributed by atoms with Gasteiger partial charge in [0.1, 0.15) is 6.04 Å². The van der Waals surface area contributed by atoms with E-state index < -0.39 is 12.0 Å². The third-order valence-corrected chi connectivity index (χ3v) is 6.80. The lowest BCUT2D eigenvalue weighted by Gasteiger charge is -2.42. The molecule has 36 heavy (non-hydrogen) atoms. The van der Waals surface area contributed by atoms with Crippen LogP contribution in [0.15, 0.2) is 91.0 Å². The summed E-state index contributed by atoms with van der Waals surface area (Å²) >= 11 is 0. The van der Waals surface area contributed by atoms with Gasteiger partial charge in [-0.2, -0.15) is 0 Å². The van der Waals surface area contributed by atoms with Crippen LogP contribution in [-0.4, -0.2) is 61.0 Å². The lowest BCUT2D eigenvalue weighted by molar-refractivity contribution is -0.156. The lowest BCUT2D eigenvalue weighted by atomic mass is 9.87. The fraction of sp³-hybridized carbons (Fsp3) is 0.290. The van der Waals surface area contributed by atoms with E-state index in [0.717, 1.165) is 23.1 Å². The van der Waals surface area contributed by atoms with Crippen molar-refractivity contribution >= 4 is 11.9 Å². The van der Waals surface area contributed by atoms with E-state index in [1.807, 2.05) is 98.0 Å². The summed E-state index contributed by atoms with van der Waals surface area (Å²) in [4.78, 5) is 30.8. The predicted molar refractivity (Wildman–Crippen MR) is 141 cm³/mol. The Balaban J connectivity index is 1.53. The van der Waals surface area contributed by atoms with Crippen LogP contribution in [0, 0.1) is 11.8 Å². The fourth-order valence-corrected chi connectivity index (χ4v) is 4.82. The molecule has 0 aromatic heterocycles. The summed E-state index contributed by atoms with van der Waals surface area (Å²) in [5, 5.41) is 0. The fourth-order valence-electron chi connectivity index (χ4n) is 4.82. The third kappa shape index (κ3) is 6.02. The maximum absolute atomic E-state index is 14.0. The van der Waals surface area contributed by atoms with Crippen LogP contribution < -0.4 is 0 Å². The van der Waals surface area contributed by atoms with E-state index in [2.05, 4.69) is 16.7 Å². The van der Waals surface area contributed by atoms with Gasteiger partial charge in [0.05, 0.1) is 19.6 Å². The molecule has 1 fully saturated rings. The van der Waals surface area contributed by atoms with Crippen molar-refractivity contribution in [3.8, 4) is 11.8 Å². The van der Waals surface area contributed by atoms with Gasteiger partial charge in [-0.25, -0.2) is 4.79 Å². The number of carbonyl (C=O) groups is 2. The van der Waals surface area contributed by atoms with Crippen molar-refractivity contribution < 1.29 is 14.3 Å². The number of likely N-dealkylation sites (tertiary alicyclic amines) is 1. The summed E-state index contributed by atoms with van der Waals surface area (Å²) in [6.45, 7) is 1.06. The Morgan fingerprint density at radius 2 is 1.50 bits per heavy atom. The van der Waals surface area contributed by atoms with Gasteiger partial charge in [-0.05, 0) is 43.1 Å². The molecule has 0 aliphatic carbocycles. The molecule has 3 aromatic rings. The number of amides is 1. The number of nitrogens with zero attached hydrogens (tertiary/aromatic N) is 2. The van der Waals surface area contributed by atoms with E-state index in [1.54, 1.807) is 4.90 Å². The van der Waals surface area contributed by atoms with Crippen molar-refractivity contribution in [1.29, 1.82) is 0 Å². The molecular weight excluding hydrogens is 448 g/mol. The Kier molecular flexibility index (Phi) is 8.54. The monoisotopic (exact) mass is 480 g/mol. The maximum Gasteiger partial charge on any atom is 0.328 e. The molecule has 5 nitrogen and oxygen atoms in total. The number of carbonyl (C=O) groups excluding carboxylic acids is 2. The minimum atomic E-state index is -0.638. The van der Waals surface area contributed by atoms with Crippen LogP contribution >= 0.6 is 0 Å². The zero-order chi connectivity index (χ0) is 25.3. The number of hydrogen-bond acceptors (Lipinski definition) is 4. The molecule has 184 valence electrons. The van der Waals surface area contributed by atoms with Crippen LogP contribution in [-0.2, 0) is 14.3 Å².